The van der Waals surface area contributed by atoms with Crippen LogP contribution in [0.15, 0.2) is 41.3 Å². The van der Waals surface area contributed by atoms with Crippen LogP contribution in [0.2, 0.25) is 0 Å². The van der Waals surface area contributed by atoms with Crippen LogP contribution < -0.4 is 10.6 Å². The van der Waals surface area contributed by atoms with Gasteiger partial charge in [0.2, 0.25) is 5.91 Å². The van der Waals surface area contributed by atoms with Gasteiger partial charge in [-0.2, -0.15) is 13.2 Å². The number of nitrogens with zero attached hydrogens (tertiary/aromatic N) is 1. The molecule has 3 N–H and O–H groups in total. The van der Waals surface area contributed by atoms with Crippen molar-refractivity contribution in [1.82, 2.24) is 10.2 Å². The van der Waals surface area contributed by atoms with Crippen molar-refractivity contribution in [2.24, 2.45) is 11.8 Å². The third kappa shape index (κ3) is 5.67. The second-order valence-corrected chi connectivity index (χ2v) is 12.7. The minimum atomic E-state index is -4.71. The van der Waals surface area contributed by atoms with Crippen molar-refractivity contribution in [1.29, 1.82) is 0 Å². The topological polar surface area (TPSA) is 116 Å². The molecule has 2 aliphatic carbocycles. The SMILES string of the molecule is CS(=O)(=O)c1ccc(NCCO)c(C(=O)N2[C@@H](C(=O)N[C@@H](c3ccc(C(F)(F)F)cc3F)C3CC3)C[C@H]3C[C@H]32)c1. The number of hydrogen-bond donors (Lipinski definition) is 3. The highest BCUT2D eigenvalue weighted by Crippen LogP contribution is 2.49. The maximum absolute atomic E-state index is 14.8. The average Bonchev–Trinajstić information content (AvgIpc) is 3.82. The number of alkyl halides is 3. The van der Waals surface area contributed by atoms with Crippen LogP contribution in [0.5, 0.6) is 0 Å². The monoisotopic (exact) mass is 583 g/mol. The highest BCUT2D eigenvalue weighted by molar-refractivity contribution is 7.90. The summed E-state index contributed by atoms with van der Waals surface area (Å²) in [7, 11) is -3.65. The van der Waals surface area contributed by atoms with Gasteiger partial charge < -0.3 is 20.6 Å². The van der Waals surface area contributed by atoms with Gasteiger partial charge in [-0.05, 0) is 67.9 Å². The van der Waals surface area contributed by atoms with E-state index in [2.05, 4.69) is 10.6 Å². The van der Waals surface area contributed by atoms with Gasteiger partial charge in [0, 0.05) is 30.1 Å². The van der Waals surface area contributed by atoms with Crippen LogP contribution in [0.1, 0.15) is 53.2 Å². The van der Waals surface area contributed by atoms with Gasteiger partial charge in [-0.3, -0.25) is 9.59 Å². The normalized spacial score (nSPS) is 22.9. The number of fused-ring (bicyclic) bond motifs is 1. The van der Waals surface area contributed by atoms with E-state index in [1.165, 1.54) is 23.1 Å². The summed E-state index contributed by atoms with van der Waals surface area (Å²) in [6.45, 7) is -0.125. The number of nitrogens with one attached hydrogen (secondary N) is 2. The Morgan fingerprint density at radius 1 is 1.12 bits per heavy atom. The number of carbonyl (C=O) groups is 2. The Hall–Kier alpha value is -3.19. The summed E-state index contributed by atoms with van der Waals surface area (Å²) in [5.74, 6) is -2.23. The van der Waals surface area contributed by atoms with Crippen LogP contribution in [0.25, 0.3) is 0 Å². The number of likely N-dealkylation sites (tertiary alicyclic amines) is 1. The zero-order valence-electron chi connectivity index (χ0n) is 21.5. The molecule has 4 atom stereocenters. The zero-order valence-corrected chi connectivity index (χ0v) is 22.4. The molecule has 3 aliphatic rings. The molecular formula is C27H29F4N3O5S. The van der Waals surface area contributed by atoms with E-state index in [1.54, 1.807) is 0 Å². The second-order valence-electron chi connectivity index (χ2n) is 10.7. The molecule has 3 fully saturated rings. The molecule has 2 aromatic rings. The summed E-state index contributed by atoms with van der Waals surface area (Å²) < 4.78 is 78.4. The van der Waals surface area contributed by atoms with Crippen LogP contribution in [-0.4, -0.2) is 61.7 Å². The van der Waals surface area contributed by atoms with Crippen molar-refractivity contribution in [3.63, 3.8) is 0 Å². The molecule has 8 nitrogen and oxygen atoms in total. The van der Waals surface area contributed by atoms with Crippen molar-refractivity contribution in [2.75, 3.05) is 24.7 Å². The van der Waals surface area contributed by atoms with Gasteiger partial charge in [-0.15, -0.1) is 0 Å². The molecule has 216 valence electrons. The maximum atomic E-state index is 14.8. The lowest BCUT2D eigenvalue weighted by molar-refractivity contribution is -0.137. The predicted molar refractivity (Wildman–Crippen MR) is 137 cm³/mol. The summed E-state index contributed by atoms with van der Waals surface area (Å²) in [6.07, 6.45) is -1.31. The number of carbonyl (C=O) groups excluding carboxylic acids is 2. The molecular weight excluding hydrogens is 554 g/mol. The van der Waals surface area contributed by atoms with Crippen molar-refractivity contribution in [3.8, 4) is 0 Å². The zero-order chi connectivity index (χ0) is 29.0. The van der Waals surface area contributed by atoms with Crippen molar-refractivity contribution < 1.29 is 40.7 Å². The first kappa shape index (κ1) is 28.3. The Kier molecular flexibility index (Phi) is 7.32. The first-order chi connectivity index (χ1) is 18.8. The van der Waals surface area contributed by atoms with E-state index < -0.39 is 51.3 Å². The number of sulfone groups is 1. The fourth-order valence-corrected chi connectivity index (χ4v) is 6.13. The smallest absolute Gasteiger partial charge is 0.395 e. The maximum Gasteiger partial charge on any atom is 0.416 e. The van der Waals surface area contributed by atoms with Crippen molar-refractivity contribution in [3.05, 3.63) is 58.9 Å². The molecule has 0 spiro atoms. The van der Waals surface area contributed by atoms with Crippen LogP contribution in [0.4, 0.5) is 23.2 Å². The summed E-state index contributed by atoms with van der Waals surface area (Å²) in [5.41, 5.74) is -0.822. The van der Waals surface area contributed by atoms with Gasteiger partial charge >= 0.3 is 6.18 Å². The minimum Gasteiger partial charge on any atom is -0.395 e. The lowest BCUT2D eigenvalue weighted by atomic mass is 9.98. The van der Waals surface area contributed by atoms with E-state index in [9.17, 15) is 40.7 Å². The second kappa shape index (κ2) is 10.3. The Labute approximate surface area is 228 Å². The van der Waals surface area contributed by atoms with Gasteiger partial charge in [0.15, 0.2) is 9.84 Å². The standard InChI is InChI=1S/C27H29F4N3O5S/c1-40(38,39)17-5-7-21(32-8-9-35)19(13-17)26(37)34-22-10-15(22)11-23(34)25(36)33-24(14-2-3-14)18-6-4-16(12-20(18)28)27(29,30)31/h4-7,12-15,22-24,32,35H,2-3,8-11H2,1H3,(H,33,36)/t15-,22-,23-,24-/m1/s1. The number of piperidine rings is 1. The Bertz CT molecular complexity index is 1440. The van der Waals surface area contributed by atoms with Crippen LogP contribution in [0, 0.1) is 17.7 Å². The Morgan fingerprint density at radius 2 is 1.85 bits per heavy atom. The van der Waals surface area contributed by atoms with Crippen molar-refractivity contribution in [2.45, 2.75) is 54.9 Å². The number of hydrogen-bond acceptors (Lipinski definition) is 6. The molecule has 5 rings (SSSR count). The lowest BCUT2D eigenvalue weighted by Gasteiger charge is -2.30. The van der Waals surface area contributed by atoms with E-state index in [-0.39, 0.29) is 47.1 Å². The van der Waals surface area contributed by atoms with E-state index in [1.807, 2.05) is 0 Å². The first-order valence-corrected chi connectivity index (χ1v) is 14.9. The molecule has 1 aliphatic heterocycles. The average molecular weight is 584 g/mol. The summed E-state index contributed by atoms with van der Waals surface area (Å²) in [6, 6.07) is 4.30. The van der Waals surface area contributed by atoms with Gasteiger partial charge in [0.1, 0.15) is 11.9 Å². The highest BCUT2D eigenvalue weighted by atomic mass is 32.2. The van der Waals surface area contributed by atoms with Crippen LogP contribution >= 0.6 is 0 Å². The fraction of sp³-hybridized carbons (Fsp3) is 0.481. The van der Waals surface area contributed by atoms with Gasteiger partial charge in [-0.1, -0.05) is 6.07 Å². The van der Waals surface area contributed by atoms with E-state index in [0.717, 1.165) is 18.4 Å². The Balaban J connectivity index is 1.42. The molecule has 1 heterocycles. The highest BCUT2D eigenvalue weighted by Gasteiger charge is 2.56. The molecule has 0 bridgehead atoms. The van der Waals surface area contributed by atoms with Gasteiger partial charge in [0.25, 0.3) is 5.91 Å². The molecule has 13 heteroatoms. The molecule has 0 radical (unpaired) electrons. The predicted octanol–water partition coefficient (Wildman–Crippen LogP) is 3.52. The largest absolute Gasteiger partial charge is 0.416 e. The third-order valence-corrected chi connectivity index (χ3v) is 8.88. The molecule has 2 saturated carbocycles. The number of halogens is 4. The van der Waals surface area contributed by atoms with Gasteiger partial charge in [-0.25, -0.2) is 12.8 Å². The van der Waals surface area contributed by atoms with Crippen molar-refractivity contribution >= 4 is 27.3 Å². The quantitative estimate of drug-likeness (QED) is 0.389. The van der Waals surface area contributed by atoms with E-state index >= 15 is 0 Å². The molecule has 1 saturated heterocycles. The molecule has 2 amide bonds. The summed E-state index contributed by atoms with van der Waals surface area (Å²) >= 11 is 0. The first-order valence-electron chi connectivity index (χ1n) is 13.0. The molecule has 2 aromatic carbocycles. The minimum absolute atomic E-state index is 0.0363. The number of aliphatic hydroxyl groups excluding tert-OH is 1. The number of benzene rings is 2. The summed E-state index contributed by atoms with van der Waals surface area (Å²) in [4.78, 5) is 28.7. The van der Waals surface area contributed by atoms with Gasteiger partial charge in [0.05, 0.1) is 28.7 Å². The third-order valence-electron chi connectivity index (χ3n) is 7.77. The van der Waals surface area contributed by atoms with E-state index in [4.69, 9.17) is 0 Å². The van der Waals surface area contributed by atoms with Crippen LogP contribution in [0.3, 0.4) is 0 Å². The van der Waals surface area contributed by atoms with E-state index in [0.29, 0.717) is 37.4 Å². The number of amides is 2. The summed E-state index contributed by atoms with van der Waals surface area (Å²) in [5, 5.41) is 14.9. The lowest BCUT2D eigenvalue weighted by Crippen LogP contribution is -2.49. The van der Waals surface area contributed by atoms with Crippen LogP contribution in [-0.2, 0) is 20.8 Å². The molecule has 0 unspecified atom stereocenters. The fourth-order valence-electron chi connectivity index (χ4n) is 5.48. The molecule has 40 heavy (non-hydrogen) atoms. The number of aliphatic hydroxyl groups is 1. The Morgan fingerprint density at radius 3 is 2.45 bits per heavy atom. The molecule has 0 aromatic heterocycles. The number of rotatable bonds is 9. The number of anilines is 1.